The number of amides is 2. The molecule has 8 heteroatoms. The third-order valence-corrected chi connectivity index (χ3v) is 5.01. The number of nitrogens with two attached hydrogens (primary N) is 1. The van der Waals surface area contributed by atoms with Crippen molar-refractivity contribution in [2.45, 2.75) is 68.6 Å². The van der Waals surface area contributed by atoms with Gasteiger partial charge in [-0.3, -0.25) is 14.4 Å². The fourth-order valence-electron chi connectivity index (χ4n) is 2.74. The van der Waals surface area contributed by atoms with Crippen LogP contribution in [0, 0.1) is 0 Å². The van der Waals surface area contributed by atoms with Crippen LogP contribution < -0.4 is 16.4 Å². The molecule has 0 aromatic heterocycles. The lowest BCUT2D eigenvalue weighted by Crippen LogP contribution is -2.68. The Morgan fingerprint density at radius 1 is 1.27 bits per heavy atom. The van der Waals surface area contributed by atoms with Crippen LogP contribution in [0.3, 0.4) is 0 Å². The van der Waals surface area contributed by atoms with E-state index in [4.69, 9.17) is 15.0 Å². The number of aliphatic carboxylic acids is 1. The summed E-state index contributed by atoms with van der Waals surface area (Å²) >= 11 is 1.65. The van der Waals surface area contributed by atoms with Crippen molar-refractivity contribution >= 4 is 29.5 Å². The molecule has 1 saturated heterocycles. The van der Waals surface area contributed by atoms with E-state index in [1.807, 2.05) is 27.7 Å². The van der Waals surface area contributed by atoms with Gasteiger partial charge in [0, 0.05) is 13.6 Å². The molecule has 0 bridgehead atoms. The quantitative estimate of drug-likeness (QED) is 0.546. The largest absolute Gasteiger partial charge is 0.481 e. The van der Waals surface area contributed by atoms with Crippen LogP contribution in [0.25, 0.3) is 0 Å². The van der Waals surface area contributed by atoms with E-state index in [-0.39, 0.29) is 15.5 Å². The lowest BCUT2D eigenvalue weighted by molar-refractivity contribution is -0.139. The summed E-state index contributed by atoms with van der Waals surface area (Å²) in [7, 11) is 0. The smallest absolute Gasteiger partial charge is 0.305 e. The van der Waals surface area contributed by atoms with E-state index in [0.717, 1.165) is 0 Å². The summed E-state index contributed by atoms with van der Waals surface area (Å²) in [6, 6.07) is -3.54. The zero-order valence-corrected chi connectivity index (χ0v) is 13.9. The molecule has 7 nitrogen and oxygen atoms in total. The number of carbonyl (C=O) groups excluding carboxylic acids is 2. The maximum absolute atomic E-state index is 12.5. The third-order valence-electron chi connectivity index (χ3n) is 3.48. The number of nitrogens with one attached hydrogen (secondary N) is 2. The topological polar surface area (TPSA) is 122 Å². The fourth-order valence-corrected chi connectivity index (χ4v) is 4.86. The molecule has 2 atom stereocenters. The van der Waals surface area contributed by atoms with E-state index in [1.165, 1.54) is 0 Å². The number of carbonyl (C=O) groups is 3. The van der Waals surface area contributed by atoms with Gasteiger partial charge in [-0.15, -0.1) is 11.8 Å². The first-order chi connectivity index (χ1) is 11.1. The highest BCUT2D eigenvalue weighted by Gasteiger charge is 2.54. The van der Waals surface area contributed by atoms with Crippen LogP contribution in [0.2, 0.25) is 0 Å². The molecule has 22 heavy (non-hydrogen) atoms. The summed E-state index contributed by atoms with van der Waals surface area (Å²) in [5, 5.41) is 13.4. The first kappa shape index (κ1) is 14.3. The Hall–Kier alpha value is -1.28. The molecule has 0 unspecified atom stereocenters. The summed E-state index contributed by atoms with van der Waals surface area (Å²) < 4.78 is 22.0. The van der Waals surface area contributed by atoms with Crippen molar-refractivity contribution < 1.29 is 23.6 Å². The molecule has 0 saturated carbocycles. The molecule has 0 spiro atoms. The predicted molar refractivity (Wildman–Crippen MR) is 85.5 cm³/mol. The Labute approximate surface area is 139 Å². The van der Waals surface area contributed by atoms with Gasteiger partial charge in [0.15, 0.2) is 0 Å². The molecule has 1 aliphatic heterocycles. The van der Waals surface area contributed by atoms with E-state index in [1.54, 1.807) is 11.8 Å². The van der Waals surface area contributed by atoms with E-state index in [0.29, 0.717) is 0 Å². The zero-order chi connectivity index (χ0) is 19.8. The van der Waals surface area contributed by atoms with Crippen molar-refractivity contribution in [3.8, 4) is 0 Å². The lowest BCUT2D eigenvalue weighted by atomic mass is 9.89. The monoisotopic (exact) mass is 334 g/mol. The Morgan fingerprint density at radius 2 is 1.82 bits per heavy atom. The van der Waals surface area contributed by atoms with Crippen molar-refractivity contribution in [3.05, 3.63) is 0 Å². The van der Waals surface area contributed by atoms with Crippen molar-refractivity contribution in [2.24, 2.45) is 5.73 Å². The third kappa shape index (κ3) is 4.36. The summed E-state index contributed by atoms with van der Waals surface area (Å²) in [4.78, 5) is 35.0. The van der Waals surface area contributed by atoms with Crippen LogP contribution in [0.1, 0.15) is 45.1 Å². The number of hydrogen-bond donors (Lipinski definition) is 4. The van der Waals surface area contributed by atoms with E-state index >= 15 is 0 Å². The minimum absolute atomic E-state index is 0.276. The van der Waals surface area contributed by atoms with Crippen LogP contribution in [-0.2, 0) is 14.4 Å². The Bertz CT molecular complexity index is 552. The van der Waals surface area contributed by atoms with Gasteiger partial charge >= 0.3 is 5.97 Å². The summed E-state index contributed by atoms with van der Waals surface area (Å²) in [6.45, 7) is 4.92. The second kappa shape index (κ2) is 6.45. The van der Waals surface area contributed by atoms with Crippen LogP contribution in [-0.4, -0.2) is 50.5 Å². The maximum Gasteiger partial charge on any atom is 0.305 e. The summed E-state index contributed by atoms with van der Waals surface area (Å²) in [5.41, 5.74) is 5.42. The minimum atomic E-state index is -2.80. The molecular formula is C14H25N3O4S. The van der Waals surface area contributed by atoms with Crippen LogP contribution in [0.5, 0.6) is 0 Å². The minimum Gasteiger partial charge on any atom is -0.481 e. The van der Waals surface area contributed by atoms with Gasteiger partial charge in [0.25, 0.3) is 0 Å². The van der Waals surface area contributed by atoms with Crippen molar-refractivity contribution in [1.29, 1.82) is 0 Å². The SMILES string of the molecule is [2H]C([2H])([2H])[C@@H](NC(=O)[C@H](N)CC(=O)O)C(=O)NC1C(C)(C)SC1(C)C. The van der Waals surface area contributed by atoms with Gasteiger partial charge in [0.1, 0.15) is 6.04 Å². The number of rotatable bonds is 6. The Balaban J connectivity index is 2.87. The molecule has 1 fully saturated rings. The lowest BCUT2D eigenvalue weighted by Gasteiger charge is -2.57. The second-order valence-electron chi connectivity index (χ2n) is 6.40. The normalized spacial score (nSPS) is 24.7. The van der Waals surface area contributed by atoms with E-state index < -0.39 is 43.1 Å². The summed E-state index contributed by atoms with van der Waals surface area (Å²) in [6.07, 6.45) is -0.666. The highest BCUT2D eigenvalue weighted by Crippen LogP contribution is 2.54. The first-order valence-corrected chi connectivity index (χ1v) is 7.68. The molecule has 0 aromatic rings. The van der Waals surface area contributed by atoms with Gasteiger partial charge in [-0.1, -0.05) is 0 Å². The second-order valence-corrected chi connectivity index (χ2v) is 8.71. The molecule has 0 aliphatic carbocycles. The highest BCUT2D eigenvalue weighted by molar-refractivity contribution is 8.03. The average molecular weight is 334 g/mol. The standard InChI is InChI=1S/C14H25N3O4S/c1-7(16-11(21)8(15)6-9(18)19)10(20)17-12-13(2,3)22-14(12,4)5/h7-8,12H,6,15H2,1-5H3,(H,16,21)(H,17,20)(H,18,19)/t7-,8-/m1/s1/i1D3. The Kier molecular flexibility index (Phi) is 4.20. The van der Waals surface area contributed by atoms with Gasteiger partial charge in [-0.25, -0.2) is 0 Å². The highest BCUT2D eigenvalue weighted by atomic mass is 32.2. The molecule has 2 amide bonds. The van der Waals surface area contributed by atoms with E-state index in [2.05, 4.69) is 10.6 Å². The van der Waals surface area contributed by atoms with E-state index in [9.17, 15) is 14.4 Å². The van der Waals surface area contributed by atoms with Gasteiger partial charge in [-0.05, 0) is 34.5 Å². The van der Waals surface area contributed by atoms with Crippen LogP contribution >= 0.6 is 11.8 Å². The van der Waals surface area contributed by atoms with Gasteiger partial charge in [-0.2, -0.15) is 0 Å². The Morgan fingerprint density at radius 3 is 2.23 bits per heavy atom. The number of carboxylic acid groups (broad SMARTS) is 1. The first-order valence-electron chi connectivity index (χ1n) is 8.36. The summed E-state index contributed by atoms with van der Waals surface area (Å²) in [5.74, 6) is -3.14. The molecule has 5 N–H and O–H groups in total. The zero-order valence-electron chi connectivity index (χ0n) is 16.1. The maximum atomic E-state index is 12.5. The number of carboxylic acids is 1. The predicted octanol–water partition coefficient (Wildman–Crippen LogP) is 0.0819. The van der Waals surface area contributed by atoms with Gasteiger partial charge in [0.05, 0.1) is 18.5 Å². The molecule has 1 heterocycles. The molecule has 1 aliphatic rings. The van der Waals surface area contributed by atoms with Crippen molar-refractivity contribution in [3.63, 3.8) is 0 Å². The molecular weight excluding hydrogens is 306 g/mol. The van der Waals surface area contributed by atoms with Crippen molar-refractivity contribution in [2.75, 3.05) is 0 Å². The van der Waals surface area contributed by atoms with Crippen LogP contribution in [0.15, 0.2) is 0 Å². The van der Waals surface area contributed by atoms with Gasteiger partial charge in [0.2, 0.25) is 11.8 Å². The fraction of sp³-hybridized carbons (Fsp3) is 0.786. The van der Waals surface area contributed by atoms with Crippen LogP contribution in [0.4, 0.5) is 0 Å². The van der Waals surface area contributed by atoms with Crippen molar-refractivity contribution in [1.82, 2.24) is 10.6 Å². The molecule has 0 aromatic carbocycles. The number of hydrogen-bond acceptors (Lipinski definition) is 5. The molecule has 1 rings (SSSR count). The van der Waals surface area contributed by atoms with Gasteiger partial charge < -0.3 is 21.5 Å². The molecule has 126 valence electrons. The average Bonchev–Trinajstić information content (AvgIpc) is 2.38. The molecule has 0 radical (unpaired) electrons. The number of thioether (sulfide) groups is 1.